The third kappa shape index (κ3) is 1.69. The van der Waals surface area contributed by atoms with E-state index >= 15 is 0 Å². The average molecular weight is 229 g/mol. The summed E-state index contributed by atoms with van der Waals surface area (Å²) in [6.07, 6.45) is 4.06. The van der Waals surface area contributed by atoms with Gasteiger partial charge in [0, 0.05) is 19.2 Å². The predicted molar refractivity (Wildman–Crippen MR) is 60.7 cm³/mol. The van der Waals surface area contributed by atoms with Crippen molar-refractivity contribution in [2.75, 3.05) is 0 Å². The molecule has 3 heterocycles. The standard InChI is InChI=1S/C12H11N3O2/c16-12(17)9-4-1-3-8(13-9)10-7-15-6-2-5-11(15)14-10/h1,3-4,7H,2,5-6H2,(H,16,17). The maximum absolute atomic E-state index is 10.8. The lowest BCUT2D eigenvalue weighted by Crippen LogP contribution is -2.00. The first-order valence-electron chi connectivity index (χ1n) is 5.51. The summed E-state index contributed by atoms with van der Waals surface area (Å²) in [5.74, 6) is 0.0427. The molecule has 3 rings (SSSR count). The van der Waals surface area contributed by atoms with Crippen LogP contribution in [0.15, 0.2) is 24.4 Å². The van der Waals surface area contributed by atoms with Crippen LogP contribution in [-0.4, -0.2) is 25.6 Å². The summed E-state index contributed by atoms with van der Waals surface area (Å²) < 4.78 is 2.10. The predicted octanol–water partition coefficient (Wildman–Crippen LogP) is 1.59. The summed E-state index contributed by atoms with van der Waals surface area (Å²) in [4.78, 5) is 19.4. The molecule has 17 heavy (non-hydrogen) atoms. The Labute approximate surface area is 97.8 Å². The average Bonchev–Trinajstić information content (AvgIpc) is 2.89. The maximum atomic E-state index is 10.8. The number of pyridine rings is 1. The van der Waals surface area contributed by atoms with Crippen LogP contribution in [0.5, 0.6) is 0 Å². The van der Waals surface area contributed by atoms with Gasteiger partial charge in [-0.25, -0.2) is 14.8 Å². The number of aryl methyl sites for hydroxylation is 2. The van der Waals surface area contributed by atoms with E-state index in [1.165, 1.54) is 6.07 Å². The molecule has 0 amide bonds. The number of nitrogens with zero attached hydrogens (tertiary/aromatic N) is 3. The molecule has 0 atom stereocenters. The molecular weight excluding hydrogens is 218 g/mol. The van der Waals surface area contributed by atoms with Gasteiger partial charge < -0.3 is 9.67 Å². The second-order valence-electron chi connectivity index (χ2n) is 4.05. The number of hydrogen-bond donors (Lipinski definition) is 1. The van der Waals surface area contributed by atoms with Crippen LogP contribution in [0.25, 0.3) is 11.4 Å². The molecule has 0 unspecified atom stereocenters. The van der Waals surface area contributed by atoms with Crippen molar-refractivity contribution in [2.24, 2.45) is 0 Å². The molecule has 0 fully saturated rings. The van der Waals surface area contributed by atoms with Gasteiger partial charge in [0.05, 0.1) is 5.69 Å². The fraction of sp³-hybridized carbons (Fsp3) is 0.250. The number of carboxylic acid groups (broad SMARTS) is 1. The fourth-order valence-electron chi connectivity index (χ4n) is 2.07. The highest BCUT2D eigenvalue weighted by Crippen LogP contribution is 2.21. The summed E-state index contributed by atoms with van der Waals surface area (Å²) in [7, 11) is 0. The number of fused-ring (bicyclic) bond motifs is 1. The number of aromatic nitrogens is 3. The summed E-state index contributed by atoms with van der Waals surface area (Å²) >= 11 is 0. The second-order valence-corrected chi connectivity index (χ2v) is 4.05. The first-order valence-corrected chi connectivity index (χ1v) is 5.51. The van der Waals surface area contributed by atoms with Gasteiger partial charge in [0.25, 0.3) is 0 Å². The Morgan fingerprint density at radius 3 is 2.94 bits per heavy atom. The highest BCUT2D eigenvalue weighted by molar-refractivity contribution is 5.85. The molecule has 2 aromatic rings. The molecule has 1 aliphatic rings. The molecule has 0 saturated heterocycles. The highest BCUT2D eigenvalue weighted by atomic mass is 16.4. The van der Waals surface area contributed by atoms with Crippen LogP contribution in [0, 0.1) is 0 Å². The Balaban J connectivity index is 2.03. The van der Waals surface area contributed by atoms with Crippen LogP contribution in [-0.2, 0) is 13.0 Å². The lowest BCUT2D eigenvalue weighted by Gasteiger charge is -1.98. The Hall–Kier alpha value is -2.17. The topological polar surface area (TPSA) is 68.0 Å². The van der Waals surface area contributed by atoms with Crippen molar-refractivity contribution in [3.63, 3.8) is 0 Å². The van der Waals surface area contributed by atoms with E-state index in [-0.39, 0.29) is 5.69 Å². The lowest BCUT2D eigenvalue weighted by molar-refractivity contribution is 0.0690. The third-order valence-corrected chi connectivity index (χ3v) is 2.89. The molecule has 86 valence electrons. The molecule has 0 saturated carbocycles. The maximum Gasteiger partial charge on any atom is 0.354 e. The lowest BCUT2D eigenvalue weighted by atomic mass is 10.2. The van der Waals surface area contributed by atoms with Crippen LogP contribution in [0.3, 0.4) is 0 Å². The zero-order chi connectivity index (χ0) is 11.8. The van der Waals surface area contributed by atoms with E-state index in [0.717, 1.165) is 30.9 Å². The highest BCUT2D eigenvalue weighted by Gasteiger charge is 2.15. The van der Waals surface area contributed by atoms with Gasteiger partial charge in [-0.05, 0) is 18.6 Å². The van der Waals surface area contributed by atoms with Crippen molar-refractivity contribution in [1.82, 2.24) is 14.5 Å². The van der Waals surface area contributed by atoms with Crippen molar-refractivity contribution >= 4 is 5.97 Å². The van der Waals surface area contributed by atoms with Crippen molar-refractivity contribution < 1.29 is 9.90 Å². The number of rotatable bonds is 2. The number of carbonyl (C=O) groups is 1. The summed E-state index contributed by atoms with van der Waals surface area (Å²) in [6, 6.07) is 4.95. The van der Waals surface area contributed by atoms with Gasteiger partial charge in [-0.3, -0.25) is 0 Å². The summed E-state index contributed by atoms with van der Waals surface area (Å²) in [5, 5.41) is 8.89. The molecule has 0 spiro atoms. The van der Waals surface area contributed by atoms with E-state index in [9.17, 15) is 4.79 Å². The van der Waals surface area contributed by atoms with Crippen LogP contribution in [0.1, 0.15) is 22.7 Å². The van der Waals surface area contributed by atoms with Crippen LogP contribution >= 0.6 is 0 Å². The molecule has 0 aromatic carbocycles. The molecule has 5 heteroatoms. The smallest absolute Gasteiger partial charge is 0.354 e. The number of carboxylic acids is 1. The van der Waals surface area contributed by atoms with Gasteiger partial charge >= 0.3 is 5.97 Å². The van der Waals surface area contributed by atoms with Gasteiger partial charge in [-0.1, -0.05) is 6.07 Å². The van der Waals surface area contributed by atoms with E-state index in [0.29, 0.717) is 5.69 Å². The third-order valence-electron chi connectivity index (χ3n) is 2.89. The minimum atomic E-state index is -1.02. The summed E-state index contributed by atoms with van der Waals surface area (Å²) in [5.41, 5.74) is 1.42. The Morgan fingerprint density at radius 1 is 1.29 bits per heavy atom. The van der Waals surface area contributed by atoms with Crippen LogP contribution in [0.2, 0.25) is 0 Å². The van der Waals surface area contributed by atoms with Gasteiger partial charge in [0.1, 0.15) is 17.2 Å². The fourth-order valence-corrected chi connectivity index (χ4v) is 2.07. The quantitative estimate of drug-likeness (QED) is 0.849. The van der Waals surface area contributed by atoms with Gasteiger partial charge in [0.15, 0.2) is 0 Å². The van der Waals surface area contributed by atoms with Crippen molar-refractivity contribution in [2.45, 2.75) is 19.4 Å². The number of aromatic carboxylic acids is 1. The normalized spacial score (nSPS) is 13.6. The SMILES string of the molecule is O=C(O)c1cccc(-c2cn3c(n2)CCC3)n1. The molecule has 1 aliphatic heterocycles. The van der Waals surface area contributed by atoms with Crippen LogP contribution in [0.4, 0.5) is 0 Å². The first-order chi connectivity index (χ1) is 8.24. The van der Waals surface area contributed by atoms with Crippen LogP contribution < -0.4 is 0 Å². The molecule has 5 nitrogen and oxygen atoms in total. The Kier molecular flexibility index (Phi) is 2.18. The molecule has 0 bridgehead atoms. The number of imidazole rings is 1. The summed E-state index contributed by atoms with van der Waals surface area (Å²) in [6.45, 7) is 0.987. The minimum absolute atomic E-state index is 0.0515. The van der Waals surface area contributed by atoms with Crippen molar-refractivity contribution in [3.8, 4) is 11.4 Å². The Morgan fingerprint density at radius 2 is 2.18 bits per heavy atom. The molecular formula is C12H11N3O2. The zero-order valence-electron chi connectivity index (χ0n) is 9.13. The zero-order valence-corrected chi connectivity index (χ0v) is 9.13. The van der Waals surface area contributed by atoms with E-state index in [1.54, 1.807) is 12.1 Å². The molecule has 1 N–H and O–H groups in total. The van der Waals surface area contributed by atoms with E-state index < -0.39 is 5.97 Å². The Bertz CT molecular complexity index is 568. The monoisotopic (exact) mass is 229 g/mol. The van der Waals surface area contributed by atoms with Gasteiger partial charge in [-0.15, -0.1) is 0 Å². The second kappa shape index (κ2) is 3.69. The van der Waals surface area contributed by atoms with Gasteiger partial charge in [0.2, 0.25) is 0 Å². The van der Waals surface area contributed by atoms with Crippen molar-refractivity contribution in [3.05, 3.63) is 35.9 Å². The van der Waals surface area contributed by atoms with E-state index in [1.807, 2.05) is 6.20 Å². The number of hydrogen-bond acceptors (Lipinski definition) is 3. The van der Waals surface area contributed by atoms with E-state index in [4.69, 9.17) is 5.11 Å². The van der Waals surface area contributed by atoms with E-state index in [2.05, 4.69) is 14.5 Å². The first kappa shape index (κ1) is 10.0. The van der Waals surface area contributed by atoms with Gasteiger partial charge in [-0.2, -0.15) is 0 Å². The largest absolute Gasteiger partial charge is 0.477 e. The van der Waals surface area contributed by atoms with Crippen molar-refractivity contribution in [1.29, 1.82) is 0 Å². The molecule has 2 aromatic heterocycles. The molecule has 0 aliphatic carbocycles. The molecule has 0 radical (unpaired) electrons. The minimum Gasteiger partial charge on any atom is -0.477 e.